The van der Waals surface area contributed by atoms with Crippen molar-refractivity contribution in [3.05, 3.63) is 54.1 Å². The largest absolute Gasteiger partial charge is 0.497 e. The summed E-state index contributed by atoms with van der Waals surface area (Å²) in [6.07, 6.45) is 0. The zero-order valence-electron chi connectivity index (χ0n) is 15.8. The van der Waals surface area contributed by atoms with Crippen molar-refractivity contribution < 1.29 is 22.7 Å². The van der Waals surface area contributed by atoms with Gasteiger partial charge < -0.3 is 14.8 Å². The van der Waals surface area contributed by atoms with E-state index in [0.29, 0.717) is 5.75 Å². The van der Waals surface area contributed by atoms with Gasteiger partial charge in [0.15, 0.2) is 6.61 Å². The quantitative estimate of drug-likeness (QED) is 0.744. The van der Waals surface area contributed by atoms with Gasteiger partial charge in [0.25, 0.3) is 5.91 Å². The topological polar surface area (TPSA) is 84.9 Å². The molecule has 8 heteroatoms. The van der Waals surface area contributed by atoms with E-state index < -0.39 is 10.0 Å². The summed E-state index contributed by atoms with van der Waals surface area (Å²) in [7, 11) is 1.04. The van der Waals surface area contributed by atoms with E-state index in [9.17, 15) is 13.2 Å². The third-order valence-electron chi connectivity index (χ3n) is 3.97. The van der Waals surface area contributed by atoms with Crippen LogP contribution in [0.25, 0.3) is 0 Å². The predicted octanol–water partition coefficient (Wildman–Crippen LogP) is 2.20. The predicted molar refractivity (Wildman–Crippen MR) is 102 cm³/mol. The van der Waals surface area contributed by atoms with Gasteiger partial charge in [-0.2, -0.15) is 0 Å². The molecule has 0 saturated carbocycles. The Hall–Kier alpha value is -2.58. The van der Waals surface area contributed by atoms with E-state index in [1.807, 2.05) is 31.2 Å². The minimum absolute atomic E-state index is 0.164. The molecule has 0 bridgehead atoms. The molecule has 0 aliphatic rings. The van der Waals surface area contributed by atoms with Crippen LogP contribution in [0, 0.1) is 0 Å². The first-order valence-corrected chi connectivity index (χ1v) is 9.76. The van der Waals surface area contributed by atoms with Crippen LogP contribution in [0.2, 0.25) is 0 Å². The first-order valence-electron chi connectivity index (χ1n) is 8.32. The highest BCUT2D eigenvalue weighted by Crippen LogP contribution is 2.19. The summed E-state index contributed by atoms with van der Waals surface area (Å²) in [6.45, 7) is 1.71. The van der Waals surface area contributed by atoms with Gasteiger partial charge in [0.1, 0.15) is 11.5 Å². The first kappa shape index (κ1) is 20.7. The van der Waals surface area contributed by atoms with Gasteiger partial charge in [-0.1, -0.05) is 12.1 Å². The lowest BCUT2D eigenvalue weighted by atomic mass is 10.1. The van der Waals surface area contributed by atoms with Gasteiger partial charge in [-0.15, -0.1) is 0 Å². The van der Waals surface area contributed by atoms with Gasteiger partial charge in [0.05, 0.1) is 18.0 Å². The van der Waals surface area contributed by atoms with Crippen LogP contribution in [-0.2, 0) is 14.8 Å². The van der Waals surface area contributed by atoms with Crippen LogP contribution < -0.4 is 14.8 Å². The van der Waals surface area contributed by atoms with Crippen molar-refractivity contribution in [2.24, 2.45) is 0 Å². The number of carbonyl (C=O) groups excluding carboxylic acids is 1. The summed E-state index contributed by atoms with van der Waals surface area (Å²) in [5, 5.41) is 2.85. The Bertz CT molecular complexity index is 862. The highest BCUT2D eigenvalue weighted by molar-refractivity contribution is 7.89. The molecule has 0 aliphatic heterocycles. The summed E-state index contributed by atoms with van der Waals surface area (Å²) >= 11 is 0. The van der Waals surface area contributed by atoms with E-state index >= 15 is 0 Å². The first-order chi connectivity index (χ1) is 12.7. The Labute approximate surface area is 160 Å². The molecule has 1 amide bonds. The number of nitrogens with one attached hydrogen (secondary N) is 1. The van der Waals surface area contributed by atoms with Crippen LogP contribution in [0.4, 0.5) is 0 Å². The Kier molecular flexibility index (Phi) is 6.81. The molecule has 2 aromatic carbocycles. The number of nitrogens with zero attached hydrogens (tertiary/aromatic N) is 1. The fraction of sp³-hybridized carbons (Fsp3) is 0.316. The standard InChI is InChI=1S/C19H24N2O5S/c1-14(15-5-7-16(25-4)8-6-15)20-19(22)13-26-17-9-11-18(12-10-17)27(23,24)21(2)3/h5-12,14H,13H2,1-4H3,(H,20,22)/t14-/m0/s1. The molecular weight excluding hydrogens is 368 g/mol. The summed E-state index contributed by atoms with van der Waals surface area (Å²) in [5.41, 5.74) is 0.947. The van der Waals surface area contributed by atoms with Crippen LogP contribution in [-0.4, -0.2) is 46.4 Å². The third kappa shape index (κ3) is 5.45. The lowest BCUT2D eigenvalue weighted by Crippen LogP contribution is -2.31. The number of methoxy groups -OCH3 is 1. The zero-order valence-corrected chi connectivity index (χ0v) is 16.6. The molecule has 0 unspecified atom stereocenters. The second-order valence-electron chi connectivity index (χ2n) is 6.11. The summed E-state index contributed by atoms with van der Waals surface area (Å²) < 4.78 is 35.7. The molecule has 0 aliphatic carbocycles. The van der Waals surface area contributed by atoms with Crippen molar-refractivity contribution in [2.45, 2.75) is 17.9 Å². The molecule has 0 radical (unpaired) electrons. The lowest BCUT2D eigenvalue weighted by Gasteiger charge is -2.15. The van der Waals surface area contributed by atoms with Gasteiger partial charge in [-0.05, 0) is 48.9 Å². The minimum atomic E-state index is -3.49. The van der Waals surface area contributed by atoms with Crippen molar-refractivity contribution in [1.82, 2.24) is 9.62 Å². The van der Waals surface area contributed by atoms with E-state index in [1.165, 1.54) is 38.4 Å². The summed E-state index contributed by atoms with van der Waals surface area (Å²) in [6, 6.07) is 13.2. The number of ether oxygens (including phenoxy) is 2. The number of hydrogen-bond acceptors (Lipinski definition) is 5. The SMILES string of the molecule is COc1ccc([C@H](C)NC(=O)COc2ccc(S(=O)(=O)N(C)C)cc2)cc1. The molecule has 146 valence electrons. The average Bonchev–Trinajstić information content (AvgIpc) is 2.66. The Balaban J connectivity index is 1.89. The molecular formula is C19H24N2O5S. The van der Waals surface area contributed by atoms with Crippen LogP contribution in [0.15, 0.2) is 53.4 Å². The number of carbonyl (C=O) groups is 1. The van der Waals surface area contributed by atoms with Crippen LogP contribution in [0.5, 0.6) is 11.5 Å². The van der Waals surface area contributed by atoms with Crippen LogP contribution >= 0.6 is 0 Å². The minimum Gasteiger partial charge on any atom is -0.497 e. The maximum Gasteiger partial charge on any atom is 0.258 e. The van der Waals surface area contributed by atoms with Crippen LogP contribution in [0.1, 0.15) is 18.5 Å². The highest BCUT2D eigenvalue weighted by Gasteiger charge is 2.17. The average molecular weight is 392 g/mol. The third-order valence-corrected chi connectivity index (χ3v) is 5.79. The molecule has 0 spiro atoms. The molecule has 0 saturated heterocycles. The molecule has 2 rings (SSSR count). The van der Waals surface area contributed by atoms with E-state index in [2.05, 4.69) is 5.32 Å². The van der Waals surface area contributed by atoms with Gasteiger partial charge in [-0.3, -0.25) is 4.79 Å². The number of amides is 1. The Morgan fingerprint density at radius 2 is 1.59 bits per heavy atom. The van der Waals surface area contributed by atoms with Crippen molar-refractivity contribution >= 4 is 15.9 Å². The molecule has 0 fully saturated rings. The molecule has 0 aromatic heterocycles. The second kappa shape index (κ2) is 8.88. The highest BCUT2D eigenvalue weighted by atomic mass is 32.2. The second-order valence-corrected chi connectivity index (χ2v) is 8.26. The fourth-order valence-electron chi connectivity index (χ4n) is 2.33. The molecule has 2 aromatic rings. The van der Waals surface area contributed by atoms with Gasteiger partial charge in [0, 0.05) is 14.1 Å². The van der Waals surface area contributed by atoms with Gasteiger partial charge >= 0.3 is 0 Å². The van der Waals surface area contributed by atoms with E-state index in [4.69, 9.17) is 9.47 Å². The van der Waals surface area contributed by atoms with Gasteiger partial charge in [-0.25, -0.2) is 12.7 Å². The molecule has 0 heterocycles. The van der Waals surface area contributed by atoms with Crippen molar-refractivity contribution in [3.63, 3.8) is 0 Å². The smallest absolute Gasteiger partial charge is 0.258 e. The molecule has 7 nitrogen and oxygen atoms in total. The fourth-order valence-corrected chi connectivity index (χ4v) is 3.23. The monoisotopic (exact) mass is 392 g/mol. The Morgan fingerprint density at radius 3 is 2.11 bits per heavy atom. The summed E-state index contributed by atoms with van der Waals surface area (Å²) in [5.74, 6) is 0.892. The Morgan fingerprint density at radius 1 is 1.04 bits per heavy atom. The van der Waals surface area contributed by atoms with E-state index in [-0.39, 0.29) is 23.5 Å². The normalized spacial score (nSPS) is 12.5. The maximum atomic E-state index is 12.1. The van der Waals surface area contributed by atoms with E-state index in [0.717, 1.165) is 15.6 Å². The molecule has 27 heavy (non-hydrogen) atoms. The zero-order chi connectivity index (χ0) is 20.0. The lowest BCUT2D eigenvalue weighted by molar-refractivity contribution is -0.123. The van der Waals surface area contributed by atoms with Gasteiger partial charge in [0.2, 0.25) is 10.0 Å². The maximum absolute atomic E-state index is 12.1. The summed E-state index contributed by atoms with van der Waals surface area (Å²) in [4.78, 5) is 12.2. The number of sulfonamides is 1. The van der Waals surface area contributed by atoms with Crippen molar-refractivity contribution in [3.8, 4) is 11.5 Å². The number of rotatable bonds is 8. The van der Waals surface area contributed by atoms with Crippen LogP contribution in [0.3, 0.4) is 0 Å². The number of benzene rings is 2. The molecule has 1 N–H and O–H groups in total. The van der Waals surface area contributed by atoms with Crippen molar-refractivity contribution in [1.29, 1.82) is 0 Å². The van der Waals surface area contributed by atoms with E-state index in [1.54, 1.807) is 7.11 Å². The molecule has 1 atom stereocenters. The number of hydrogen-bond donors (Lipinski definition) is 1. The van der Waals surface area contributed by atoms with Crippen molar-refractivity contribution in [2.75, 3.05) is 27.8 Å².